The topological polar surface area (TPSA) is 84.5 Å². The molecule has 2 N–H and O–H groups in total. The summed E-state index contributed by atoms with van der Waals surface area (Å²) < 4.78 is 69.3. The van der Waals surface area contributed by atoms with E-state index in [1.165, 1.54) is 42.5 Å². The third-order valence-electron chi connectivity index (χ3n) is 9.23. The van der Waals surface area contributed by atoms with Crippen molar-refractivity contribution in [3.8, 4) is 0 Å². The van der Waals surface area contributed by atoms with E-state index in [-0.39, 0.29) is 30.7 Å². The molecule has 0 saturated carbocycles. The highest BCUT2D eigenvalue weighted by Crippen LogP contribution is 2.38. The van der Waals surface area contributed by atoms with Crippen molar-refractivity contribution in [2.45, 2.75) is 58.8 Å². The van der Waals surface area contributed by atoms with Crippen LogP contribution in [-0.4, -0.2) is 31.3 Å². The Morgan fingerprint density at radius 3 is 1.39 bits per heavy atom. The molecule has 0 spiro atoms. The van der Waals surface area contributed by atoms with Gasteiger partial charge in [0.1, 0.15) is 24.7 Å². The van der Waals surface area contributed by atoms with Crippen LogP contribution in [0.5, 0.6) is 0 Å². The van der Waals surface area contributed by atoms with Gasteiger partial charge in [-0.1, -0.05) is 49.7 Å². The highest BCUT2D eigenvalue weighted by atomic mass is 35.5. The third kappa shape index (κ3) is 7.78. The molecule has 0 aliphatic heterocycles. The number of carboxylic acids is 2. The Bertz CT molecular complexity index is 2240. The minimum atomic E-state index is -4.42. The highest BCUT2D eigenvalue weighted by molar-refractivity contribution is 6.30. The van der Waals surface area contributed by atoms with Crippen molar-refractivity contribution in [2.75, 3.05) is 0 Å². The van der Waals surface area contributed by atoms with Gasteiger partial charge in [-0.15, -0.1) is 0 Å². The molecular weight excluding hydrogens is 691 g/mol. The lowest BCUT2D eigenvalue weighted by Crippen LogP contribution is -2.10. The van der Waals surface area contributed by atoms with E-state index < -0.39 is 29.5 Å². The van der Waals surface area contributed by atoms with Crippen LogP contribution < -0.4 is 0 Å². The summed E-state index contributed by atoms with van der Waals surface area (Å²) in [5, 5.41) is 20.3. The minimum absolute atomic E-state index is 0.0124. The molecule has 6 nitrogen and oxygen atoms in total. The molecule has 2 heterocycles. The number of fused-ring (bicyclic) bond motifs is 2. The van der Waals surface area contributed by atoms with Crippen LogP contribution in [0.25, 0.3) is 21.8 Å². The van der Waals surface area contributed by atoms with Gasteiger partial charge in [-0.2, -0.15) is 13.2 Å². The predicted molar refractivity (Wildman–Crippen MR) is 186 cm³/mol. The van der Waals surface area contributed by atoms with Gasteiger partial charge in [0.25, 0.3) is 0 Å². The smallest absolute Gasteiger partial charge is 0.416 e. The van der Waals surface area contributed by atoms with Gasteiger partial charge in [0.15, 0.2) is 0 Å². The van der Waals surface area contributed by atoms with Crippen LogP contribution in [0.2, 0.25) is 5.02 Å². The second kappa shape index (κ2) is 14.6. The number of rotatable bonds is 8. The Kier molecular flexibility index (Phi) is 10.6. The molecule has 2 aromatic heterocycles. The summed E-state index contributed by atoms with van der Waals surface area (Å²) in [6.45, 7) is 7.01. The zero-order chi connectivity index (χ0) is 37.4. The van der Waals surface area contributed by atoms with E-state index in [1.807, 2.05) is 38.1 Å². The van der Waals surface area contributed by atoms with Crippen molar-refractivity contribution in [1.82, 2.24) is 9.13 Å². The average molecular weight is 725 g/mol. The van der Waals surface area contributed by atoms with E-state index in [1.54, 1.807) is 29.0 Å². The van der Waals surface area contributed by atoms with Gasteiger partial charge in [-0.25, -0.2) is 8.78 Å². The second-order valence-corrected chi connectivity index (χ2v) is 12.8. The van der Waals surface area contributed by atoms with Gasteiger partial charge in [0.05, 0.1) is 5.56 Å². The number of carboxylic acid groups (broad SMARTS) is 2. The summed E-state index contributed by atoms with van der Waals surface area (Å²) in [4.78, 5) is 22.4. The van der Waals surface area contributed by atoms with Gasteiger partial charge in [0, 0.05) is 50.1 Å². The zero-order valence-corrected chi connectivity index (χ0v) is 28.8. The number of benzene rings is 4. The van der Waals surface area contributed by atoms with E-state index in [9.17, 15) is 41.8 Å². The van der Waals surface area contributed by atoms with E-state index >= 15 is 0 Å². The minimum Gasteiger partial charge on any atom is -0.480 e. The van der Waals surface area contributed by atoms with Gasteiger partial charge in [-0.05, 0) is 96.8 Å². The monoisotopic (exact) mass is 724 g/mol. The van der Waals surface area contributed by atoms with Crippen LogP contribution in [0.15, 0.2) is 84.9 Å². The van der Waals surface area contributed by atoms with Crippen LogP contribution in [0.3, 0.4) is 0 Å². The lowest BCUT2D eigenvalue weighted by molar-refractivity contribution is -0.138. The number of aliphatic carboxylic acids is 2. The molecule has 0 aliphatic carbocycles. The first-order valence-corrected chi connectivity index (χ1v) is 16.3. The Balaban J connectivity index is 0.000000199. The molecule has 4 aromatic carbocycles. The Morgan fingerprint density at radius 1 is 0.667 bits per heavy atom. The summed E-state index contributed by atoms with van der Waals surface area (Å²) in [5.74, 6) is -3.11. The van der Waals surface area contributed by atoms with Gasteiger partial charge >= 0.3 is 18.1 Å². The van der Waals surface area contributed by atoms with Crippen molar-refractivity contribution in [3.05, 3.63) is 141 Å². The first kappa shape index (κ1) is 37.1. The summed E-state index contributed by atoms with van der Waals surface area (Å²) in [6, 6.07) is 20.9. The maximum Gasteiger partial charge on any atom is 0.416 e. The zero-order valence-electron chi connectivity index (χ0n) is 28.0. The number of carbonyl (C=O) groups is 2. The van der Waals surface area contributed by atoms with Crippen LogP contribution in [0.4, 0.5) is 22.0 Å². The Labute approximate surface area is 295 Å². The standard InChI is InChI=1S/C20H17F4NO2.C19H17ClFNO2/c1-11(13-3-5-14(6-4-13)20(22,23)24)19-12(2)25(10-18(26)27)17-8-7-15(21)9-16(17)19;1-11(13-3-5-14(20)6-4-13)19-12(2)22(10-18(23)24)17-8-7-15(21)9-16(17)19/h3-9,11H,10H2,1-2H3,(H,26,27);3-9,11H,10H2,1-2H3,(H,23,24). The molecule has 6 rings (SSSR count). The molecule has 0 bridgehead atoms. The molecule has 0 amide bonds. The van der Waals surface area contributed by atoms with Crippen molar-refractivity contribution >= 4 is 45.3 Å². The molecule has 2 atom stereocenters. The Morgan fingerprint density at radius 2 is 1.04 bits per heavy atom. The predicted octanol–water partition coefficient (Wildman–Crippen LogP) is 10.3. The Hall–Kier alpha value is -5.16. The van der Waals surface area contributed by atoms with E-state index in [0.717, 1.165) is 39.9 Å². The van der Waals surface area contributed by atoms with Crippen LogP contribution in [0, 0.1) is 25.5 Å². The normalized spacial score (nSPS) is 12.8. The molecule has 12 heteroatoms. The van der Waals surface area contributed by atoms with E-state index in [2.05, 4.69) is 0 Å². The van der Waals surface area contributed by atoms with Gasteiger partial charge in [-0.3, -0.25) is 9.59 Å². The van der Waals surface area contributed by atoms with Crippen molar-refractivity contribution < 1.29 is 41.8 Å². The lowest BCUT2D eigenvalue weighted by Gasteiger charge is -2.15. The number of halogens is 6. The summed E-state index contributed by atoms with van der Waals surface area (Å²) in [5.41, 5.74) is 5.35. The van der Waals surface area contributed by atoms with E-state index in [4.69, 9.17) is 11.6 Å². The van der Waals surface area contributed by atoms with Crippen molar-refractivity contribution in [1.29, 1.82) is 0 Å². The maximum absolute atomic E-state index is 13.8. The van der Waals surface area contributed by atoms with Crippen LogP contribution in [-0.2, 0) is 28.9 Å². The molecule has 0 saturated heterocycles. The molecule has 266 valence electrons. The maximum atomic E-state index is 13.8. The largest absolute Gasteiger partial charge is 0.480 e. The highest BCUT2D eigenvalue weighted by Gasteiger charge is 2.30. The lowest BCUT2D eigenvalue weighted by atomic mass is 9.90. The molecular formula is C39H34ClF5N2O4. The molecule has 2 unspecified atom stereocenters. The fraction of sp³-hybridized carbons (Fsp3) is 0.231. The molecule has 6 aromatic rings. The number of alkyl halides is 3. The summed E-state index contributed by atoms with van der Waals surface area (Å²) in [6.07, 6.45) is -4.42. The number of hydrogen-bond donors (Lipinski definition) is 2. The van der Waals surface area contributed by atoms with Gasteiger partial charge < -0.3 is 19.3 Å². The first-order chi connectivity index (χ1) is 24.0. The summed E-state index contributed by atoms with van der Waals surface area (Å²) >= 11 is 5.95. The number of aromatic nitrogens is 2. The first-order valence-electron chi connectivity index (χ1n) is 15.9. The molecule has 0 aliphatic rings. The van der Waals surface area contributed by atoms with Crippen LogP contribution in [0.1, 0.15) is 64.9 Å². The second-order valence-electron chi connectivity index (χ2n) is 12.4. The quantitative estimate of drug-likeness (QED) is 0.153. The van der Waals surface area contributed by atoms with E-state index in [0.29, 0.717) is 32.7 Å². The molecule has 51 heavy (non-hydrogen) atoms. The number of hydrogen-bond acceptors (Lipinski definition) is 2. The van der Waals surface area contributed by atoms with Crippen molar-refractivity contribution in [3.63, 3.8) is 0 Å². The average Bonchev–Trinajstić information content (AvgIpc) is 3.48. The third-order valence-corrected chi connectivity index (χ3v) is 9.48. The summed E-state index contributed by atoms with van der Waals surface area (Å²) in [7, 11) is 0. The van der Waals surface area contributed by atoms with Gasteiger partial charge in [0.2, 0.25) is 0 Å². The molecule has 0 radical (unpaired) electrons. The van der Waals surface area contributed by atoms with Crippen LogP contribution >= 0.6 is 11.6 Å². The fourth-order valence-electron chi connectivity index (χ4n) is 6.78. The van der Waals surface area contributed by atoms with Crippen molar-refractivity contribution in [2.24, 2.45) is 0 Å². The molecule has 0 fully saturated rings. The fourth-order valence-corrected chi connectivity index (χ4v) is 6.90. The SMILES string of the molecule is Cc1c(C(C)c2ccc(C(F)(F)F)cc2)c2cc(F)ccc2n1CC(=O)O.Cc1c(C(C)c2ccc(Cl)cc2)c2cc(F)ccc2n1CC(=O)O. The number of nitrogens with zero attached hydrogens (tertiary/aromatic N) is 2.